The fraction of sp³-hybridized carbons (Fsp3) is 0.867. The van der Waals surface area contributed by atoms with Crippen LogP contribution in [0.5, 0.6) is 0 Å². The van der Waals surface area contributed by atoms with Gasteiger partial charge in [0.1, 0.15) is 5.03 Å². The molecule has 1 aliphatic heterocycles. The third-order valence-corrected chi connectivity index (χ3v) is 5.01. The number of ether oxygens (including phenoxy) is 1. The van der Waals surface area contributed by atoms with Gasteiger partial charge in [-0.1, -0.05) is 13.8 Å². The van der Waals surface area contributed by atoms with Crippen molar-refractivity contribution >= 4 is 11.8 Å². The summed E-state index contributed by atoms with van der Waals surface area (Å²) in [6.07, 6.45) is 3.83. The van der Waals surface area contributed by atoms with Crippen molar-refractivity contribution in [3.8, 4) is 0 Å². The van der Waals surface area contributed by atoms with Crippen LogP contribution in [-0.2, 0) is 4.74 Å². The molecule has 0 amide bonds. The zero-order valence-electron chi connectivity index (χ0n) is 14.1. The summed E-state index contributed by atoms with van der Waals surface area (Å²) >= 11 is 1.37. The van der Waals surface area contributed by atoms with E-state index in [9.17, 15) is 10.1 Å². The number of nitrogens with one attached hydrogen (secondary N) is 1. The van der Waals surface area contributed by atoms with Crippen LogP contribution in [0.1, 0.15) is 27.2 Å². The molecule has 0 bridgehead atoms. The normalized spacial score (nSPS) is 23.8. The molecule has 7 heteroatoms. The van der Waals surface area contributed by atoms with Crippen molar-refractivity contribution in [2.24, 2.45) is 11.8 Å². The van der Waals surface area contributed by atoms with Crippen LogP contribution in [0.4, 0.5) is 0 Å². The molecule has 128 valence electrons. The maximum atomic E-state index is 10.5. The second kappa shape index (κ2) is 10.1. The summed E-state index contributed by atoms with van der Waals surface area (Å²) in [5.74, 6) is 1.25. The topological polar surface area (TPSA) is 67.6 Å². The Morgan fingerprint density at radius 1 is 1.59 bits per heavy atom. The van der Waals surface area contributed by atoms with E-state index in [2.05, 4.69) is 31.0 Å². The van der Waals surface area contributed by atoms with Gasteiger partial charge in [0.25, 0.3) is 6.20 Å². The van der Waals surface area contributed by atoms with Crippen LogP contribution in [0.2, 0.25) is 0 Å². The summed E-state index contributed by atoms with van der Waals surface area (Å²) in [5.41, 5.74) is 0. The summed E-state index contributed by atoms with van der Waals surface area (Å²) in [6.45, 7) is 11.2. The van der Waals surface area contributed by atoms with Crippen molar-refractivity contribution in [2.75, 3.05) is 39.1 Å². The molecule has 6 nitrogen and oxygen atoms in total. The Bertz CT molecular complexity index is 379. The van der Waals surface area contributed by atoms with Crippen molar-refractivity contribution in [2.45, 2.75) is 33.2 Å². The van der Waals surface area contributed by atoms with Crippen LogP contribution < -0.4 is 5.32 Å². The van der Waals surface area contributed by atoms with Gasteiger partial charge in [0.15, 0.2) is 0 Å². The lowest BCUT2D eigenvalue weighted by Gasteiger charge is -2.31. The van der Waals surface area contributed by atoms with Gasteiger partial charge in [-0.15, -0.1) is 11.8 Å². The molecular weight excluding hydrogens is 302 g/mol. The minimum Gasteiger partial charge on any atom is -0.381 e. The first kappa shape index (κ1) is 19.3. The molecular formula is C15H29N3O3S. The zero-order chi connectivity index (χ0) is 16.5. The maximum Gasteiger partial charge on any atom is 0.263 e. The average Bonchev–Trinajstić information content (AvgIpc) is 2.88. The number of nitrogens with zero attached hydrogens (tertiary/aromatic N) is 2. The first-order valence-corrected chi connectivity index (χ1v) is 9.15. The Hall–Kier alpha value is -0.790. The largest absolute Gasteiger partial charge is 0.381 e. The number of hydrogen-bond donors (Lipinski definition) is 1. The van der Waals surface area contributed by atoms with Crippen molar-refractivity contribution in [3.05, 3.63) is 21.3 Å². The highest BCUT2D eigenvalue weighted by molar-refractivity contribution is 8.02. The Morgan fingerprint density at radius 2 is 2.32 bits per heavy atom. The summed E-state index contributed by atoms with van der Waals surface area (Å²) in [5, 5.41) is 14.3. The van der Waals surface area contributed by atoms with Gasteiger partial charge in [0, 0.05) is 25.7 Å². The lowest BCUT2D eigenvalue weighted by atomic mass is 9.97. The zero-order valence-corrected chi connectivity index (χ0v) is 14.9. The Balaban J connectivity index is 2.38. The predicted octanol–water partition coefficient (Wildman–Crippen LogP) is 2.40. The van der Waals surface area contributed by atoms with E-state index >= 15 is 0 Å². The SMILES string of the molecule is CCN(CC1COCC1C)C(C)CCNC(=C[N+](=O)[O-])SC. The standard InChI is InChI=1S/C15H29N3O3S/c1-5-17(8-14-11-21-10-12(14)2)13(3)6-7-16-15(22-4)9-18(19)20/h9,12-14,16H,5-8,10-11H2,1-4H3. The molecule has 1 saturated heterocycles. The third kappa shape index (κ3) is 6.54. The molecule has 1 heterocycles. The fourth-order valence-corrected chi connectivity index (χ4v) is 3.15. The molecule has 0 aromatic heterocycles. The minimum atomic E-state index is -0.415. The smallest absolute Gasteiger partial charge is 0.263 e. The Morgan fingerprint density at radius 3 is 2.82 bits per heavy atom. The quantitative estimate of drug-likeness (QED) is 0.490. The maximum absolute atomic E-state index is 10.5. The minimum absolute atomic E-state index is 0.415. The van der Waals surface area contributed by atoms with Gasteiger partial charge in [-0.3, -0.25) is 10.1 Å². The van der Waals surface area contributed by atoms with Crippen molar-refractivity contribution < 1.29 is 9.66 Å². The molecule has 1 fully saturated rings. The van der Waals surface area contributed by atoms with E-state index < -0.39 is 4.92 Å². The molecule has 22 heavy (non-hydrogen) atoms. The molecule has 1 rings (SSSR count). The third-order valence-electron chi connectivity index (χ3n) is 4.32. The molecule has 0 aliphatic carbocycles. The highest BCUT2D eigenvalue weighted by Gasteiger charge is 2.27. The first-order chi connectivity index (χ1) is 10.5. The summed E-state index contributed by atoms with van der Waals surface area (Å²) in [7, 11) is 0. The molecule has 1 aliphatic rings. The molecule has 0 aromatic rings. The predicted molar refractivity (Wildman–Crippen MR) is 91.4 cm³/mol. The van der Waals surface area contributed by atoms with Crippen LogP contribution >= 0.6 is 11.8 Å². The molecule has 3 unspecified atom stereocenters. The second-order valence-corrected chi connectivity index (χ2v) is 6.76. The number of rotatable bonds is 10. The Labute approximate surface area is 137 Å². The van der Waals surface area contributed by atoms with Gasteiger partial charge in [-0.2, -0.15) is 0 Å². The van der Waals surface area contributed by atoms with Gasteiger partial charge in [-0.05, 0) is 38.0 Å². The molecule has 1 N–H and O–H groups in total. The van der Waals surface area contributed by atoms with E-state index in [1.807, 2.05) is 6.26 Å². The van der Waals surface area contributed by atoms with Crippen LogP contribution in [0.25, 0.3) is 0 Å². The van der Waals surface area contributed by atoms with Crippen molar-refractivity contribution in [1.82, 2.24) is 10.2 Å². The van der Waals surface area contributed by atoms with Crippen LogP contribution in [0.3, 0.4) is 0 Å². The van der Waals surface area contributed by atoms with Gasteiger partial charge in [0.2, 0.25) is 0 Å². The summed E-state index contributed by atoms with van der Waals surface area (Å²) in [6, 6.07) is 0.448. The molecule has 0 aromatic carbocycles. The monoisotopic (exact) mass is 331 g/mol. The Kier molecular flexibility index (Phi) is 8.82. The van der Waals surface area contributed by atoms with E-state index in [1.165, 1.54) is 11.8 Å². The number of hydrogen-bond acceptors (Lipinski definition) is 6. The molecule has 3 atom stereocenters. The lowest BCUT2D eigenvalue weighted by molar-refractivity contribution is -0.403. The van der Waals surface area contributed by atoms with Crippen molar-refractivity contribution in [1.29, 1.82) is 0 Å². The summed E-state index contributed by atoms with van der Waals surface area (Å²) < 4.78 is 5.55. The summed E-state index contributed by atoms with van der Waals surface area (Å²) in [4.78, 5) is 12.6. The first-order valence-electron chi connectivity index (χ1n) is 7.92. The average molecular weight is 331 g/mol. The van der Waals surface area contributed by atoms with Gasteiger partial charge >= 0.3 is 0 Å². The van der Waals surface area contributed by atoms with Gasteiger partial charge in [-0.25, -0.2) is 0 Å². The van der Waals surface area contributed by atoms with Gasteiger partial charge < -0.3 is 15.0 Å². The molecule has 0 spiro atoms. The van der Waals surface area contributed by atoms with Crippen molar-refractivity contribution in [3.63, 3.8) is 0 Å². The second-order valence-electron chi connectivity index (χ2n) is 5.91. The van der Waals surface area contributed by atoms with Gasteiger partial charge in [0.05, 0.1) is 11.5 Å². The highest BCUT2D eigenvalue weighted by atomic mass is 32.2. The van der Waals surface area contributed by atoms with E-state index in [-0.39, 0.29) is 0 Å². The van der Waals surface area contributed by atoms with E-state index in [4.69, 9.17) is 4.74 Å². The van der Waals surface area contributed by atoms with E-state index in [0.29, 0.717) is 22.9 Å². The van der Waals surface area contributed by atoms with Crippen LogP contribution in [-0.4, -0.2) is 55.0 Å². The van der Waals surface area contributed by atoms with Crippen LogP contribution in [0, 0.1) is 22.0 Å². The number of thioether (sulfide) groups is 1. The van der Waals surface area contributed by atoms with E-state index in [1.54, 1.807) is 0 Å². The van der Waals surface area contributed by atoms with Crippen LogP contribution in [0.15, 0.2) is 11.2 Å². The number of nitro groups is 1. The molecule has 0 saturated carbocycles. The highest BCUT2D eigenvalue weighted by Crippen LogP contribution is 2.22. The van der Waals surface area contributed by atoms with E-state index in [0.717, 1.165) is 45.5 Å². The molecule has 0 radical (unpaired) electrons. The fourth-order valence-electron chi connectivity index (χ4n) is 2.71. The lowest BCUT2D eigenvalue weighted by Crippen LogP contribution is -2.39.